The zero-order chi connectivity index (χ0) is 16.2. The second kappa shape index (κ2) is 6.52. The number of hydrogen-bond acceptors (Lipinski definition) is 3. The van der Waals surface area contributed by atoms with Crippen molar-refractivity contribution >= 4 is 11.8 Å². The highest BCUT2D eigenvalue weighted by atomic mass is 16.5. The Morgan fingerprint density at radius 3 is 1.96 bits per heavy atom. The van der Waals surface area contributed by atoms with E-state index in [4.69, 9.17) is 10.5 Å². The minimum atomic E-state index is -0.474. The van der Waals surface area contributed by atoms with Gasteiger partial charge in [0.05, 0.1) is 0 Å². The van der Waals surface area contributed by atoms with E-state index in [1.807, 2.05) is 0 Å². The molecule has 5 nitrogen and oxygen atoms in total. The summed E-state index contributed by atoms with van der Waals surface area (Å²) in [4.78, 5) is 23.0. The SMILES string of the molecule is NC(=O)c1ccc(Oc2ccc(C(=O)NCC3CC3)cc2)cc1. The normalized spacial score (nSPS) is 13.4. The number of carbonyl (C=O) groups excluding carboxylic acids is 2. The van der Waals surface area contributed by atoms with Gasteiger partial charge in [0, 0.05) is 17.7 Å². The maximum absolute atomic E-state index is 12.0. The van der Waals surface area contributed by atoms with Crippen LogP contribution in [-0.2, 0) is 0 Å². The number of hydrogen-bond donors (Lipinski definition) is 2. The van der Waals surface area contributed by atoms with E-state index in [0.29, 0.717) is 28.5 Å². The van der Waals surface area contributed by atoms with Crippen LogP contribution in [0.5, 0.6) is 11.5 Å². The standard InChI is InChI=1S/C18H18N2O3/c19-17(21)13-3-7-15(8-4-13)23-16-9-5-14(6-10-16)18(22)20-11-12-1-2-12/h3-10,12H,1-2,11H2,(H2,19,21)(H,20,22). The van der Waals surface area contributed by atoms with E-state index in [9.17, 15) is 9.59 Å². The molecule has 0 radical (unpaired) electrons. The monoisotopic (exact) mass is 310 g/mol. The Bertz CT molecular complexity index is 704. The first-order valence-electron chi connectivity index (χ1n) is 7.58. The molecule has 0 aliphatic heterocycles. The van der Waals surface area contributed by atoms with Crippen LogP contribution in [0.2, 0.25) is 0 Å². The second-order valence-corrected chi connectivity index (χ2v) is 5.67. The topological polar surface area (TPSA) is 81.4 Å². The molecular formula is C18H18N2O3. The molecule has 0 aromatic heterocycles. The van der Waals surface area contributed by atoms with E-state index >= 15 is 0 Å². The van der Waals surface area contributed by atoms with E-state index in [1.165, 1.54) is 12.8 Å². The predicted octanol–water partition coefficient (Wildman–Crippen LogP) is 2.72. The molecule has 1 fully saturated rings. The smallest absolute Gasteiger partial charge is 0.251 e. The quantitative estimate of drug-likeness (QED) is 0.860. The molecule has 0 spiro atoms. The fraction of sp³-hybridized carbons (Fsp3) is 0.222. The summed E-state index contributed by atoms with van der Waals surface area (Å²) in [6, 6.07) is 13.5. The molecule has 2 aromatic carbocycles. The predicted molar refractivity (Wildman–Crippen MR) is 86.5 cm³/mol. The largest absolute Gasteiger partial charge is 0.457 e. The van der Waals surface area contributed by atoms with Crippen molar-refractivity contribution < 1.29 is 14.3 Å². The molecule has 1 aliphatic rings. The van der Waals surface area contributed by atoms with Crippen LogP contribution in [0.3, 0.4) is 0 Å². The Hall–Kier alpha value is -2.82. The van der Waals surface area contributed by atoms with Gasteiger partial charge in [0.25, 0.3) is 5.91 Å². The fourth-order valence-corrected chi connectivity index (χ4v) is 2.16. The third-order valence-electron chi connectivity index (χ3n) is 3.74. The summed E-state index contributed by atoms with van der Waals surface area (Å²) in [6.07, 6.45) is 2.42. The zero-order valence-corrected chi connectivity index (χ0v) is 12.6. The highest BCUT2D eigenvalue weighted by molar-refractivity contribution is 5.94. The first-order valence-corrected chi connectivity index (χ1v) is 7.58. The molecule has 2 amide bonds. The van der Waals surface area contributed by atoms with Crippen LogP contribution in [0.25, 0.3) is 0 Å². The van der Waals surface area contributed by atoms with Gasteiger partial charge in [-0.25, -0.2) is 0 Å². The molecule has 23 heavy (non-hydrogen) atoms. The number of ether oxygens (including phenoxy) is 1. The number of rotatable bonds is 6. The lowest BCUT2D eigenvalue weighted by Crippen LogP contribution is -2.25. The first-order chi connectivity index (χ1) is 11.1. The number of primary amides is 1. The average Bonchev–Trinajstić information content (AvgIpc) is 3.38. The molecule has 0 saturated heterocycles. The molecule has 118 valence electrons. The molecular weight excluding hydrogens is 292 g/mol. The van der Waals surface area contributed by atoms with Crippen LogP contribution in [0.4, 0.5) is 0 Å². The Balaban J connectivity index is 1.60. The van der Waals surface area contributed by atoms with Gasteiger partial charge >= 0.3 is 0 Å². The first kappa shape index (κ1) is 15.1. The van der Waals surface area contributed by atoms with Crippen LogP contribution < -0.4 is 15.8 Å². The molecule has 5 heteroatoms. The molecule has 0 bridgehead atoms. The van der Waals surface area contributed by atoms with Crippen molar-refractivity contribution in [3.63, 3.8) is 0 Å². The lowest BCUT2D eigenvalue weighted by Gasteiger charge is -2.08. The highest BCUT2D eigenvalue weighted by Crippen LogP contribution is 2.27. The summed E-state index contributed by atoms with van der Waals surface area (Å²) < 4.78 is 5.67. The lowest BCUT2D eigenvalue weighted by molar-refractivity contribution is 0.0950. The van der Waals surface area contributed by atoms with Crippen molar-refractivity contribution in [3.05, 3.63) is 59.7 Å². The highest BCUT2D eigenvalue weighted by Gasteiger charge is 2.21. The Morgan fingerprint density at radius 2 is 1.48 bits per heavy atom. The second-order valence-electron chi connectivity index (χ2n) is 5.67. The molecule has 0 unspecified atom stereocenters. The molecule has 1 aliphatic carbocycles. The van der Waals surface area contributed by atoms with E-state index in [1.54, 1.807) is 48.5 Å². The fourth-order valence-electron chi connectivity index (χ4n) is 2.16. The van der Waals surface area contributed by atoms with E-state index in [2.05, 4.69) is 5.32 Å². The number of amides is 2. The summed E-state index contributed by atoms with van der Waals surface area (Å²) in [7, 11) is 0. The Labute approximate surface area is 134 Å². The minimum absolute atomic E-state index is 0.0609. The number of carbonyl (C=O) groups is 2. The van der Waals surface area contributed by atoms with Gasteiger partial charge in [-0.15, -0.1) is 0 Å². The van der Waals surface area contributed by atoms with Crippen molar-refractivity contribution in [2.75, 3.05) is 6.54 Å². The number of nitrogens with one attached hydrogen (secondary N) is 1. The molecule has 0 atom stereocenters. The number of benzene rings is 2. The summed E-state index contributed by atoms with van der Waals surface area (Å²) >= 11 is 0. The summed E-state index contributed by atoms with van der Waals surface area (Å²) in [5.74, 6) is 1.34. The van der Waals surface area contributed by atoms with Crippen molar-refractivity contribution in [2.45, 2.75) is 12.8 Å². The summed E-state index contributed by atoms with van der Waals surface area (Å²) in [6.45, 7) is 0.753. The van der Waals surface area contributed by atoms with Crippen LogP contribution in [0.15, 0.2) is 48.5 Å². The van der Waals surface area contributed by atoms with Gasteiger partial charge < -0.3 is 15.8 Å². The molecule has 0 heterocycles. The van der Waals surface area contributed by atoms with Gasteiger partial charge in [-0.05, 0) is 67.3 Å². The Morgan fingerprint density at radius 1 is 0.957 bits per heavy atom. The maximum atomic E-state index is 12.0. The van der Waals surface area contributed by atoms with Crippen molar-refractivity contribution in [1.82, 2.24) is 5.32 Å². The Kier molecular flexibility index (Phi) is 4.28. The van der Waals surface area contributed by atoms with Crippen molar-refractivity contribution in [2.24, 2.45) is 11.7 Å². The summed E-state index contributed by atoms with van der Waals surface area (Å²) in [5.41, 5.74) is 6.23. The van der Waals surface area contributed by atoms with Gasteiger partial charge in [-0.2, -0.15) is 0 Å². The average molecular weight is 310 g/mol. The van der Waals surface area contributed by atoms with Crippen LogP contribution in [0.1, 0.15) is 33.6 Å². The van der Waals surface area contributed by atoms with Crippen LogP contribution in [-0.4, -0.2) is 18.4 Å². The van der Waals surface area contributed by atoms with Gasteiger partial charge in [-0.1, -0.05) is 0 Å². The molecule has 3 rings (SSSR count). The maximum Gasteiger partial charge on any atom is 0.251 e. The van der Waals surface area contributed by atoms with Gasteiger partial charge in [0.1, 0.15) is 11.5 Å². The number of nitrogens with two attached hydrogens (primary N) is 1. The van der Waals surface area contributed by atoms with E-state index in [-0.39, 0.29) is 5.91 Å². The lowest BCUT2D eigenvalue weighted by atomic mass is 10.2. The van der Waals surface area contributed by atoms with Gasteiger partial charge in [-0.3, -0.25) is 9.59 Å². The van der Waals surface area contributed by atoms with Crippen LogP contribution >= 0.6 is 0 Å². The molecule has 3 N–H and O–H groups in total. The third-order valence-corrected chi connectivity index (χ3v) is 3.74. The van der Waals surface area contributed by atoms with Gasteiger partial charge in [0.2, 0.25) is 5.91 Å². The zero-order valence-electron chi connectivity index (χ0n) is 12.6. The van der Waals surface area contributed by atoms with E-state index < -0.39 is 5.91 Å². The van der Waals surface area contributed by atoms with Crippen molar-refractivity contribution in [3.8, 4) is 11.5 Å². The third kappa shape index (κ3) is 4.10. The van der Waals surface area contributed by atoms with Gasteiger partial charge in [0.15, 0.2) is 0 Å². The molecule has 2 aromatic rings. The summed E-state index contributed by atoms with van der Waals surface area (Å²) in [5, 5.41) is 2.92. The minimum Gasteiger partial charge on any atom is -0.457 e. The molecule has 1 saturated carbocycles. The van der Waals surface area contributed by atoms with E-state index in [0.717, 1.165) is 6.54 Å². The van der Waals surface area contributed by atoms with Crippen LogP contribution in [0, 0.1) is 5.92 Å². The van der Waals surface area contributed by atoms with Crippen molar-refractivity contribution in [1.29, 1.82) is 0 Å².